The lowest BCUT2D eigenvalue weighted by atomic mass is 10.1. The molecule has 0 aliphatic carbocycles. The van der Waals surface area contributed by atoms with E-state index in [0.29, 0.717) is 17.3 Å². The van der Waals surface area contributed by atoms with Crippen LogP contribution in [0.4, 0.5) is 4.39 Å². The van der Waals surface area contributed by atoms with Crippen LogP contribution >= 0.6 is 23.4 Å². The molecule has 0 saturated carbocycles. The van der Waals surface area contributed by atoms with Gasteiger partial charge in [-0.1, -0.05) is 35.9 Å². The van der Waals surface area contributed by atoms with E-state index in [1.165, 1.54) is 28.8 Å². The van der Waals surface area contributed by atoms with Crippen molar-refractivity contribution in [2.45, 2.75) is 32.2 Å². The number of thioether (sulfide) groups is 1. The average molecular weight is 423 g/mol. The Morgan fingerprint density at radius 1 is 1.18 bits per heavy atom. The van der Waals surface area contributed by atoms with Gasteiger partial charge < -0.3 is 10.2 Å². The van der Waals surface area contributed by atoms with E-state index < -0.39 is 6.04 Å². The normalized spacial score (nSPS) is 11.7. The predicted octanol–water partition coefficient (Wildman–Crippen LogP) is 4.27. The minimum absolute atomic E-state index is 0.143. The van der Waals surface area contributed by atoms with Crippen LogP contribution in [0.3, 0.4) is 0 Å². The summed E-state index contributed by atoms with van der Waals surface area (Å²) >= 11 is 7.45. The zero-order chi connectivity index (χ0) is 20.5. The Bertz CT molecular complexity index is 801. The number of carbonyl (C=O) groups excluding carboxylic acids is 2. The smallest absolute Gasteiger partial charge is 0.242 e. The molecule has 4 nitrogen and oxygen atoms in total. The second kappa shape index (κ2) is 11.1. The van der Waals surface area contributed by atoms with E-state index in [1.807, 2.05) is 25.1 Å². The molecule has 1 N–H and O–H groups in total. The third-order valence-electron chi connectivity index (χ3n) is 4.17. The third kappa shape index (κ3) is 6.84. The van der Waals surface area contributed by atoms with Crippen molar-refractivity contribution in [3.8, 4) is 0 Å². The van der Waals surface area contributed by atoms with Crippen LogP contribution in [0.5, 0.6) is 0 Å². The lowest BCUT2D eigenvalue weighted by molar-refractivity contribution is -0.138. The highest BCUT2D eigenvalue weighted by Gasteiger charge is 2.25. The number of carbonyl (C=O) groups is 2. The van der Waals surface area contributed by atoms with Gasteiger partial charge in [0, 0.05) is 23.9 Å². The van der Waals surface area contributed by atoms with Crippen molar-refractivity contribution in [1.29, 1.82) is 0 Å². The van der Waals surface area contributed by atoms with E-state index in [-0.39, 0.29) is 29.9 Å². The molecule has 0 saturated heterocycles. The van der Waals surface area contributed by atoms with Gasteiger partial charge in [0.1, 0.15) is 11.9 Å². The van der Waals surface area contributed by atoms with Crippen molar-refractivity contribution in [1.82, 2.24) is 10.2 Å². The summed E-state index contributed by atoms with van der Waals surface area (Å²) in [5.74, 6) is 0.187. The lowest BCUT2D eigenvalue weighted by Crippen LogP contribution is -2.48. The van der Waals surface area contributed by atoms with E-state index in [0.717, 1.165) is 11.1 Å². The lowest BCUT2D eigenvalue weighted by Gasteiger charge is -2.28. The van der Waals surface area contributed by atoms with Gasteiger partial charge in [0.25, 0.3) is 0 Å². The van der Waals surface area contributed by atoms with Gasteiger partial charge in [-0.2, -0.15) is 0 Å². The second-order valence-electron chi connectivity index (χ2n) is 6.34. The molecule has 0 radical (unpaired) electrons. The maximum Gasteiger partial charge on any atom is 0.242 e. The molecule has 7 heteroatoms. The highest BCUT2D eigenvalue weighted by molar-refractivity contribution is 7.99. The topological polar surface area (TPSA) is 49.4 Å². The first-order valence-electron chi connectivity index (χ1n) is 9.04. The van der Waals surface area contributed by atoms with Gasteiger partial charge in [-0.3, -0.25) is 9.59 Å². The molecule has 2 amide bonds. The van der Waals surface area contributed by atoms with Crippen molar-refractivity contribution < 1.29 is 14.0 Å². The molecule has 0 unspecified atom stereocenters. The Labute approximate surface area is 174 Å². The molecule has 0 heterocycles. The summed E-state index contributed by atoms with van der Waals surface area (Å²) in [6.07, 6.45) is 0. The quantitative estimate of drug-likeness (QED) is 0.656. The Kier molecular flexibility index (Phi) is 8.80. The van der Waals surface area contributed by atoms with E-state index in [2.05, 4.69) is 5.32 Å². The number of hydrogen-bond donors (Lipinski definition) is 1. The van der Waals surface area contributed by atoms with Crippen molar-refractivity contribution in [3.05, 3.63) is 70.5 Å². The van der Waals surface area contributed by atoms with E-state index in [1.54, 1.807) is 25.1 Å². The number of nitrogens with zero attached hydrogens (tertiary/aromatic N) is 1. The number of hydrogen-bond acceptors (Lipinski definition) is 3. The van der Waals surface area contributed by atoms with E-state index in [4.69, 9.17) is 11.6 Å². The first-order valence-corrected chi connectivity index (χ1v) is 10.6. The van der Waals surface area contributed by atoms with Crippen LogP contribution in [0, 0.1) is 5.82 Å². The van der Waals surface area contributed by atoms with E-state index in [9.17, 15) is 14.0 Å². The molecule has 2 aromatic carbocycles. The SMILES string of the molecule is CCNC(=O)[C@H](C)N(Cc1ccc(F)cc1)C(=O)CSCc1cccc(Cl)c1. The fraction of sp³-hybridized carbons (Fsp3) is 0.333. The van der Waals surface area contributed by atoms with Crippen molar-refractivity contribution >= 4 is 35.2 Å². The molecule has 2 aromatic rings. The summed E-state index contributed by atoms with van der Waals surface area (Å²) in [6.45, 7) is 4.27. The Morgan fingerprint density at radius 3 is 2.54 bits per heavy atom. The molecule has 0 fully saturated rings. The molecule has 1 atom stereocenters. The number of rotatable bonds is 9. The highest BCUT2D eigenvalue weighted by Crippen LogP contribution is 2.18. The van der Waals surface area contributed by atoms with Crippen LogP contribution < -0.4 is 5.32 Å². The maximum absolute atomic E-state index is 13.2. The fourth-order valence-corrected chi connectivity index (χ4v) is 3.73. The standard InChI is InChI=1S/C21H24ClFN2O2S/c1-3-24-21(27)15(2)25(12-16-7-9-19(23)10-8-16)20(26)14-28-13-17-5-4-6-18(22)11-17/h4-11,15H,3,12-14H2,1-2H3,(H,24,27)/t15-/m0/s1. The third-order valence-corrected chi connectivity index (χ3v) is 5.39. The van der Waals surface area contributed by atoms with Crippen molar-refractivity contribution in [2.75, 3.05) is 12.3 Å². The number of benzene rings is 2. The molecular formula is C21H24ClFN2O2S. The van der Waals surface area contributed by atoms with Crippen LogP contribution in [0.25, 0.3) is 0 Å². The zero-order valence-corrected chi connectivity index (χ0v) is 17.5. The van der Waals surface area contributed by atoms with Crippen LogP contribution in [-0.2, 0) is 21.9 Å². The summed E-state index contributed by atoms with van der Waals surface area (Å²) < 4.78 is 13.2. The van der Waals surface area contributed by atoms with Gasteiger partial charge in [0.05, 0.1) is 5.75 Å². The number of halogens is 2. The molecular weight excluding hydrogens is 399 g/mol. The van der Waals surface area contributed by atoms with Gasteiger partial charge in [-0.05, 0) is 49.2 Å². The van der Waals surface area contributed by atoms with Crippen LogP contribution in [0.1, 0.15) is 25.0 Å². The zero-order valence-electron chi connectivity index (χ0n) is 16.0. The van der Waals surface area contributed by atoms with Crippen molar-refractivity contribution in [2.24, 2.45) is 0 Å². The summed E-state index contributed by atoms with van der Waals surface area (Å²) in [5.41, 5.74) is 1.80. The summed E-state index contributed by atoms with van der Waals surface area (Å²) in [4.78, 5) is 26.7. The monoisotopic (exact) mass is 422 g/mol. The number of nitrogens with one attached hydrogen (secondary N) is 1. The highest BCUT2D eigenvalue weighted by atomic mass is 35.5. The van der Waals surface area contributed by atoms with Crippen LogP contribution in [0.15, 0.2) is 48.5 Å². The van der Waals surface area contributed by atoms with Gasteiger partial charge >= 0.3 is 0 Å². The molecule has 0 aliphatic rings. The Hall–Kier alpha value is -2.05. The van der Waals surface area contributed by atoms with Gasteiger partial charge in [-0.15, -0.1) is 11.8 Å². The maximum atomic E-state index is 13.2. The minimum atomic E-state index is -0.621. The minimum Gasteiger partial charge on any atom is -0.355 e. The molecule has 150 valence electrons. The molecule has 0 aromatic heterocycles. The predicted molar refractivity (Wildman–Crippen MR) is 113 cm³/mol. The van der Waals surface area contributed by atoms with E-state index >= 15 is 0 Å². The fourth-order valence-electron chi connectivity index (χ4n) is 2.66. The van der Waals surface area contributed by atoms with Crippen molar-refractivity contribution in [3.63, 3.8) is 0 Å². The molecule has 2 rings (SSSR count). The van der Waals surface area contributed by atoms with Crippen LogP contribution in [0.2, 0.25) is 5.02 Å². The van der Waals surface area contributed by atoms with Gasteiger partial charge in [-0.25, -0.2) is 4.39 Å². The number of likely N-dealkylation sites (N-methyl/N-ethyl adjacent to an activating group) is 1. The van der Waals surface area contributed by atoms with Gasteiger partial charge in [0.15, 0.2) is 0 Å². The van der Waals surface area contributed by atoms with Gasteiger partial charge in [0.2, 0.25) is 11.8 Å². The average Bonchev–Trinajstić information content (AvgIpc) is 2.67. The summed E-state index contributed by atoms with van der Waals surface area (Å²) in [6, 6.07) is 12.8. The summed E-state index contributed by atoms with van der Waals surface area (Å²) in [7, 11) is 0. The summed E-state index contributed by atoms with van der Waals surface area (Å²) in [5, 5.41) is 3.41. The Morgan fingerprint density at radius 2 is 1.89 bits per heavy atom. The molecule has 0 spiro atoms. The molecule has 28 heavy (non-hydrogen) atoms. The Balaban J connectivity index is 2.04. The first kappa shape index (κ1) is 22.2. The first-order chi connectivity index (χ1) is 13.4. The second-order valence-corrected chi connectivity index (χ2v) is 7.76. The van der Waals surface area contributed by atoms with Crippen LogP contribution in [-0.4, -0.2) is 35.1 Å². The molecule has 0 aliphatic heterocycles. The molecule has 0 bridgehead atoms. The number of amides is 2. The largest absolute Gasteiger partial charge is 0.355 e.